The van der Waals surface area contributed by atoms with Crippen LogP contribution in [0.15, 0.2) is 54.6 Å². The molecular formula is C25H29NO4. The summed E-state index contributed by atoms with van der Waals surface area (Å²) in [6.45, 7) is 6.06. The van der Waals surface area contributed by atoms with E-state index in [1.807, 2.05) is 50.3 Å². The summed E-state index contributed by atoms with van der Waals surface area (Å²) in [5.41, 5.74) is 3.35. The van der Waals surface area contributed by atoms with Crippen LogP contribution < -0.4 is 14.8 Å². The molecule has 0 unspecified atom stereocenters. The Labute approximate surface area is 178 Å². The van der Waals surface area contributed by atoms with Crippen LogP contribution in [0.25, 0.3) is 6.08 Å². The molecule has 2 aromatic carbocycles. The molecule has 1 heterocycles. The highest BCUT2D eigenvalue weighted by Gasteiger charge is 2.25. The fraction of sp³-hybridized carbons (Fsp3) is 0.320. The van der Waals surface area contributed by atoms with Crippen molar-refractivity contribution in [2.24, 2.45) is 0 Å². The number of aliphatic hydroxyl groups excluding tert-OH is 1. The van der Waals surface area contributed by atoms with Gasteiger partial charge < -0.3 is 19.9 Å². The Bertz CT molecular complexity index is 948. The van der Waals surface area contributed by atoms with E-state index in [1.54, 1.807) is 12.1 Å². The van der Waals surface area contributed by atoms with Crippen molar-refractivity contribution in [1.82, 2.24) is 5.32 Å². The van der Waals surface area contributed by atoms with Gasteiger partial charge in [-0.3, -0.25) is 4.79 Å². The second-order valence-corrected chi connectivity index (χ2v) is 7.36. The Balaban J connectivity index is 1.73. The molecule has 2 atom stereocenters. The number of ether oxygens (including phenoxy) is 2. The van der Waals surface area contributed by atoms with Crippen LogP contribution in [0.5, 0.6) is 11.5 Å². The maximum absolute atomic E-state index is 12.9. The topological polar surface area (TPSA) is 67.8 Å². The van der Waals surface area contributed by atoms with Crippen LogP contribution in [-0.4, -0.2) is 30.3 Å². The molecule has 1 aliphatic heterocycles. The van der Waals surface area contributed by atoms with Crippen molar-refractivity contribution >= 4 is 12.0 Å². The summed E-state index contributed by atoms with van der Waals surface area (Å²) >= 11 is 0. The number of fused-ring (bicyclic) bond motifs is 1. The lowest BCUT2D eigenvalue weighted by atomic mass is 10.0. The van der Waals surface area contributed by atoms with Gasteiger partial charge in [0.2, 0.25) is 0 Å². The Morgan fingerprint density at radius 3 is 2.90 bits per heavy atom. The third kappa shape index (κ3) is 5.10. The third-order valence-electron chi connectivity index (χ3n) is 5.06. The molecule has 0 saturated heterocycles. The molecule has 2 N–H and O–H groups in total. The van der Waals surface area contributed by atoms with Gasteiger partial charge in [0.05, 0.1) is 12.6 Å². The third-order valence-corrected chi connectivity index (χ3v) is 5.06. The molecule has 1 aliphatic rings. The van der Waals surface area contributed by atoms with Gasteiger partial charge in [0, 0.05) is 11.1 Å². The molecular weight excluding hydrogens is 378 g/mol. The zero-order valence-electron chi connectivity index (χ0n) is 17.7. The van der Waals surface area contributed by atoms with Crippen LogP contribution >= 0.6 is 0 Å². The first-order valence-electron chi connectivity index (χ1n) is 10.3. The minimum absolute atomic E-state index is 0.134. The quantitative estimate of drug-likeness (QED) is 0.659. The molecule has 0 radical (unpaired) electrons. The first-order chi connectivity index (χ1) is 14.5. The van der Waals surface area contributed by atoms with Gasteiger partial charge in [-0.25, -0.2) is 0 Å². The number of nitrogens with one attached hydrogen (secondary N) is 1. The summed E-state index contributed by atoms with van der Waals surface area (Å²) in [6.07, 6.45) is 8.78. The van der Waals surface area contributed by atoms with Crippen LogP contribution in [0, 0.1) is 6.92 Å². The second kappa shape index (κ2) is 10.1. The average molecular weight is 408 g/mol. The van der Waals surface area contributed by atoms with Crippen LogP contribution in [0.2, 0.25) is 0 Å². The lowest BCUT2D eigenvalue weighted by Gasteiger charge is -2.27. The van der Waals surface area contributed by atoms with Gasteiger partial charge in [0.1, 0.15) is 6.61 Å². The van der Waals surface area contributed by atoms with Crippen molar-refractivity contribution in [2.45, 2.75) is 39.3 Å². The van der Waals surface area contributed by atoms with Crippen LogP contribution in [0.3, 0.4) is 0 Å². The van der Waals surface area contributed by atoms with E-state index >= 15 is 0 Å². The number of hydrogen-bond acceptors (Lipinski definition) is 4. The van der Waals surface area contributed by atoms with E-state index in [-0.39, 0.29) is 18.6 Å². The number of carbonyl (C=O) groups is 1. The van der Waals surface area contributed by atoms with Gasteiger partial charge in [-0.15, -0.1) is 0 Å². The predicted octanol–water partition coefficient (Wildman–Crippen LogP) is 4.60. The summed E-state index contributed by atoms with van der Waals surface area (Å²) < 4.78 is 11.4. The fourth-order valence-electron chi connectivity index (χ4n) is 3.32. The van der Waals surface area contributed by atoms with Crippen LogP contribution in [0.4, 0.5) is 0 Å². The first kappa shape index (κ1) is 21.7. The Morgan fingerprint density at radius 2 is 2.13 bits per heavy atom. The van der Waals surface area contributed by atoms with Crippen molar-refractivity contribution in [3.05, 3.63) is 76.9 Å². The number of carbonyl (C=O) groups excluding carboxylic acids is 1. The molecule has 0 saturated carbocycles. The van der Waals surface area contributed by atoms with E-state index in [1.165, 1.54) is 0 Å². The lowest BCUT2D eigenvalue weighted by molar-refractivity contribution is 0.0448. The largest absolute Gasteiger partial charge is 0.486 e. The standard InChI is InChI=1S/C25H29NO4/c1-4-5-6-7-9-19-10-8-11-20(14-19)18(3)26-25(28)22-12-13-23-24(17(22)2)30-21(15-27)16-29-23/h5-14,18,21,27H,4,15-16H2,1-3H3,(H,26,28)/b6-5-,9-7-/t18-,21+/m1/s1. The molecule has 3 rings (SSSR count). The number of amides is 1. The zero-order chi connectivity index (χ0) is 21.5. The lowest BCUT2D eigenvalue weighted by Crippen LogP contribution is -2.33. The summed E-state index contributed by atoms with van der Waals surface area (Å²) in [6, 6.07) is 11.4. The van der Waals surface area contributed by atoms with E-state index in [0.717, 1.165) is 17.5 Å². The predicted molar refractivity (Wildman–Crippen MR) is 119 cm³/mol. The van der Waals surface area contributed by atoms with Crippen molar-refractivity contribution in [3.63, 3.8) is 0 Å². The molecule has 2 aromatic rings. The maximum Gasteiger partial charge on any atom is 0.252 e. The smallest absolute Gasteiger partial charge is 0.252 e. The van der Waals surface area contributed by atoms with Gasteiger partial charge in [0.25, 0.3) is 5.91 Å². The zero-order valence-corrected chi connectivity index (χ0v) is 17.7. The van der Waals surface area contributed by atoms with Crippen molar-refractivity contribution in [3.8, 4) is 11.5 Å². The van der Waals surface area contributed by atoms with Crippen molar-refractivity contribution in [2.75, 3.05) is 13.2 Å². The molecule has 5 nitrogen and oxygen atoms in total. The Kier molecular flexibility index (Phi) is 7.31. The van der Waals surface area contributed by atoms with Crippen molar-refractivity contribution < 1.29 is 19.4 Å². The van der Waals surface area contributed by atoms with Crippen LogP contribution in [0.1, 0.15) is 53.4 Å². The number of hydrogen-bond donors (Lipinski definition) is 2. The highest BCUT2D eigenvalue weighted by atomic mass is 16.6. The summed E-state index contributed by atoms with van der Waals surface area (Å²) in [5, 5.41) is 12.4. The minimum atomic E-state index is -0.420. The van der Waals surface area contributed by atoms with Crippen molar-refractivity contribution in [1.29, 1.82) is 0 Å². The van der Waals surface area contributed by atoms with Gasteiger partial charge >= 0.3 is 0 Å². The SMILES string of the molecule is CC/C=C\C=C/c1cccc([C@@H](C)NC(=O)c2ccc3c(c2C)O[C@@H](CO)CO3)c1. The summed E-state index contributed by atoms with van der Waals surface area (Å²) in [5.74, 6) is 0.940. The fourth-order valence-corrected chi connectivity index (χ4v) is 3.32. The summed E-state index contributed by atoms with van der Waals surface area (Å²) in [7, 11) is 0. The molecule has 5 heteroatoms. The Morgan fingerprint density at radius 1 is 1.30 bits per heavy atom. The van der Waals surface area contributed by atoms with Gasteiger partial charge in [-0.05, 0) is 49.6 Å². The van der Waals surface area contributed by atoms with E-state index < -0.39 is 6.10 Å². The van der Waals surface area contributed by atoms with Gasteiger partial charge in [-0.2, -0.15) is 0 Å². The molecule has 0 aliphatic carbocycles. The minimum Gasteiger partial charge on any atom is -0.486 e. The highest BCUT2D eigenvalue weighted by Crippen LogP contribution is 2.37. The number of aliphatic hydroxyl groups is 1. The second-order valence-electron chi connectivity index (χ2n) is 7.36. The molecule has 158 valence electrons. The van der Waals surface area contributed by atoms with E-state index in [0.29, 0.717) is 29.2 Å². The molecule has 0 bridgehead atoms. The average Bonchev–Trinajstić information content (AvgIpc) is 2.77. The molecule has 0 fully saturated rings. The Hall–Kier alpha value is -3.05. The monoisotopic (exact) mass is 407 g/mol. The van der Waals surface area contributed by atoms with E-state index in [4.69, 9.17) is 9.47 Å². The maximum atomic E-state index is 12.9. The normalized spacial score (nSPS) is 16.7. The molecule has 1 amide bonds. The summed E-state index contributed by atoms with van der Waals surface area (Å²) in [4.78, 5) is 12.9. The van der Waals surface area contributed by atoms with Gasteiger partial charge in [0.15, 0.2) is 17.6 Å². The molecule has 0 spiro atoms. The number of benzene rings is 2. The number of allylic oxidation sites excluding steroid dienone is 3. The van der Waals surface area contributed by atoms with E-state index in [2.05, 4.69) is 24.4 Å². The van der Waals surface area contributed by atoms with Crippen LogP contribution in [-0.2, 0) is 0 Å². The van der Waals surface area contributed by atoms with Gasteiger partial charge in [-0.1, -0.05) is 49.4 Å². The number of rotatable bonds is 7. The molecule has 0 aromatic heterocycles. The molecule has 30 heavy (non-hydrogen) atoms. The highest BCUT2D eigenvalue weighted by molar-refractivity contribution is 5.97. The van der Waals surface area contributed by atoms with E-state index in [9.17, 15) is 9.90 Å². The first-order valence-corrected chi connectivity index (χ1v) is 10.3.